The summed E-state index contributed by atoms with van der Waals surface area (Å²) in [6.07, 6.45) is 0. The number of nitrogens with one attached hydrogen (secondary N) is 1. The van der Waals surface area contributed by atoms with Crippen LogP contribution in [-0.2, 0) is 16.4 Å². The van der Waals surface area contributed by atoms with Crippen LogP contribution in [-0.4, -0.2) is 26.0 Å². The molecule has 0 aliphatic carbocycles. The van der Waals surface area contributed by atoms with E-state index in [4.69, 9.17) is 0 Å². The molecule has 82 valence electrons. The van der Waals surface area contributed by atoms with Gasteiger partial charge in [0.05, 0.1) is 11.5 Å². The van der Waals surface area contributed by atoms with Crippen molar-refractivity contribution in [3.05, 3.63) is 34.3 Å². The van der Waals surface area contributed by atoms with Gasteiger partial charge in [-0.05, 0) is 17.7 Å². The van der Waals surface area contributed by atoms with Crippen molar-refractivity contribution >= 4 is 25.8 Å². The van der Waals surface area contributed by atoms with E-state index in [1.807, 2.05) is 24.3 Å². The number of sulfone groups is 1. The van der Waals surface area contributed by atoms with E-state index >= 15 is 0 Å². The van der Waals surface area contributed by atoms with Crippen molar-refractivity contribution < 1.29 is 8.42 Å². The van der Waals surface area contributed by atoms with E-state index in [1.165, 1.54) is 0 Å². The predicted octanol–water partition coefficient (Wildman–Crippen LogP) is 1.34. The Kier molecular flexibility index (Phi) is 3.13. The summed E-state index contributed by atoms with van der Waals surface area (Å²) in [6.45, 7) is 0.722. The molecule has 1 aliphatic heterocycles. The zero-order valence-electron chi connectivity index (χ0n) is 8.11. The third-order valence-electron chi connectivity index (χ3n) is 2.39. The highest BCUT2D eigenvalue weighted by atomic mass is 79.9. The lowest BCUT2D eigenvalue weighted by Gasteiger charge is -2.26. The summed E-state index contributed by atoms with van der Waals surface area (Å²) in [6, 6.07) is 8.12. The average molecular weight is 290 g/mol. The van der Waals surface area contributed by atoms with Gasteiger partial charge in [-0.15, -0.1) is 0 Å². The zero-order chi connectivity index (χ0) is 10.9. The van der Waals surface area contributed by atoms with E-state index < -0.39 is 9.84 Å². The van der Waals surface area contributed by atoms with Gasteiger partial charge in [0.25, 0.3) is 0 Å². The lowest BCUT2D eigenvalue weighted by atomic mass is 10.2. The Morgan fingerprint density at radius 1 is 1.40 bits per heavy atom. The van der Waals surface area contributed by atoms with E-state index in [0.717, 1.165) is 16.6 Å². The first-order valence-corrected chi connectivity index (χ1v) is 7.35. The summed E-state index contributed by atoms with van der Waals surface area (Å²) in [4.78, 5) is 0. The maximum atomic E-state index is 10.9. The number of rotatable bonds is 3. The van der Waals surface area contributed by atoms with Gasteiger partial charge in [0.1, 0.15) is 0 Å². The smallest absolute Gasteiger partial charge is 0.153 e. The van der Waals surface area contributed by atoms with Crippen LogP contribution in [0.1, 0.15) is 5.56 Å². The first-order chi connectivity index (χ1) is 7.05. The van der Waals surface area contributed by atoms with Crippen LogP contribution in [0.25, 0.3) is 0 Å². The summed E-state index contributed by atoms with van der Waals surface area (Å²) in [5.74, 6) is 0.558. The molecule has 1 fully saturated rings. The van der Waals surface area contributed by atoms with Crippen LogP contribution in [0, 0.1) is 0 Å². The minimum Gasteiger partial charge on any atom is -0.308 e. The SMILES string of the molecule is O=S1(=O)CC(NCc2cccc(Br)c2)C1. The fraction of sp³-hybridized carbons (Fsp3) is 0.400. The van der Waals surface area contributed by atoms with E-state index in [-0.39, 0.29) is 17.5 Å². The number of hydrogen-bond acceptors (Lipinski definition) is 3. The van der Waals surface area contributed by atoms with E-state index in [9.17, 15) is 8.42 Å². The molecule has 0 radical (unpaired) electrons. The summed E-state index contributed by atoms with van der Waals surface area (Å²) >= 11 is 3.39. The Hall–Kier alpha value is -0.390. The molecule has 2 rings (SSSR count). The number of benzene rings is 1. The molecule has 1 aromatic carbocycles. The molecule has 1 aliphatic rings. The second-order valence-electron chi connectivity index (χ2n) is 3.78. The Morgan fingerprint density at radius 2 is 2.13 bits per heavy atom. The van der Waals surface area contributed by atoms with Gasteiger partial charge in [0, 0.05) is 17.1 Å². The molecule has 0 unspecified atom stereocenters. The maximum absolute atomic E-state index is 10.9. The lowest BCUT2D eigenvalue weighted by Crippen LogP contribution is -2.50. The third kappa shape index (κ3) is 3.03. The first kappa shape index (κ1) is 11.1. The molecule has 0 aromatic heterocycles. The fourth-order valence-corrected chi connectivity index (χ4v) is 3.40. The Morgan fingerprint density at radius 3 is 2.73 bits per heavy atom. The van der Waals surface area contributed by atoms with Crippen molar-refractivity contribution in [1.82, 2.24) is 5.32 Å². The van der Waals surface area contributed by atoms with Crippen LogP contribution in [0.2, 0.25) is 0 Å². The van der Waals surface area contributed by atoms with Gasteiger partial charge >= 0.3 is 0 Å². The minimum atomic E-state index is -2.71. The highest BCUT2D eigenvalue weighted by Gasteiger charge is 2.32. The van der Waals surface area contributed by atoms with Gasteiger partial charge in [-0.1, -0.05) is 28.1 Å². The molecule has 0 atom stereocenters. The number of hydrogen-bond donors (Lipinski definition) is 1. The first-order valence-electron chi connectivity index (χ1n) is 4.73. The van der Waals surface area contributed by atoms with E-state index in [0.29, 0.717) is 0 Å². The monoisotopic (exact) mass is 289 g/mol. The molecule has 1 N–H and O–H groups in total. The molecular formula is C10H12BrNO2S. The van der Waals surface area contributed by atoms with Crippen LogP contribution in [0.3, 0.4) is 0 Å². The van der Waals surface area contributed by atoms with Crippen molar-refractivity contribution in [2.24, 2.45) is 0 Å². The van der Waals surface area contributed by atoms with Gasteiger partial charge in [-0.25, -0.2) is 8.42 Å². The summed E-state index contributed by atoms with van der Waals surface area (Å²) in [5, 5.41) is 3.22. The number of halogens is 1. The Labute approximate surface area is 97.9 Å². The van der Waals surface area contributed by atoms with Crippen LogP contribution in [0.15, 0.2) is 28.7 Å². The Bertz CT molecular complexity index is 446. The fourth-order valence-electron chi connectivity index (χ4n) is 1.59. The second-order valence-corrected chi connectivity index (χ2v) is 6.85. The van der Waals surface area contributed by atoms with Gasteiger partial charge in [0.2, 0.25) is 0 Å². The molecule has 1 aromatic rings. The summed E-state index contributed by atoms with van der Waals surface area (Å²) in [5.41, 5.74) is 1.16. The third-order valence-corrected chi connectivity index (χ3v) is 4.71. The largest absolute Gasteiger partial charge is 0.308 e. The van der Waals surface area contributed by atoms with Crippen molar-refractivity contribution in [2.45, 2.75) is 12.6 Å². The highest BCUT2D eigenvalue weighted by molar-refractivity contribution is 9.10. The molecule has 15 heavy (non-hydrogen) atoms. The standard InChI is InChI=1S/C10H12BrNO2S/c11-9-3-1-2-8(4-9)5-12-10-6-15(13,14)7-10/h1-4,10,12H,5-7H2. The van der Waals surface area contributed by atoms with Crippen LogP contribution in [0.4, 0.5) is 0 Å². The average Bonchev–Trinajstić information content (AvgIpc) is 2.11. The van der Waals surface area contributed by atoms with Crippen molar-refractivity contribution in [1.29, 1.82) is 0 Å². The van der Waals surface area contributed by atoms with Crippen molar-refractivity contribution in [2.75, 3.05) is 11.5 Å². The van der Waals surface area contributed by atoms with Gasteiger partial charge < -0.3 is 5.32 Å². The minimum absolute atomic E-state index is 0.133. The molecule has 0 saturated carbocycles. The maximum Gasteiger partial charge on any atom is 0.153 e. The molecular weight excluding hydrogens is 278 g/mol. The van der Waals surface area contributed by atoms with Crippen LogP contribution in [0.5, 0.6) is 0 Å². The molecule has 0 amide bonds. The van der Waals surface area contributed by atoms with Crippen LogP contribution < -0.4 is 5.32 Å². The van der Waals surface area contributed by atoms with E-state index in [2.05, 4.69) is 21.2 Å². The molecule has 3 nitrogen and oxygen atoms in total. The van der Waals surface area contributed by atoms with Gasteiger partial charge in [0.15, 0.2) is 9.84 Å². The lowest BCUT2D eigenvalue weighted by molar-refractivity contribution is 0.511. The topological polar surface area (TPSA) is 46.2 Å². The highest BCUT2D eigenvalue weighted by Crippen LogP contribution is 2.14. The van der Waals surface area contributed by atoms with Crippen LogP contribution >= 0.6 is 15.9 Å². The normalized spacial score (nSPS) is 19.8. The van der Waals surface area contributed by atoms with Gasteiger partial charge in [-0.2, -0.15) is 0 Å². The van der Waals surface area contributed by atoms with Crippen molar-refractivity contribution in [3.8, 4) is 0 Å². The predicted molar refractivity (Wildman–Crippen MR) is 63.4 cm³/mol. The molecule has 1 heterocycles. The summed E-state index contributed by atoms with van der Waals surface area (Å²) < 4.78 is 22.9. The van der Waals surface area contributed by atoms with Crippen molar-refractivity contribution in [3.63, 3.8) is 0 Å². The molecule has 1 saturated heterocycles. The molecule has 0 spiro atoms. The Balaban J connectivity index is 1.84. The van der Waals surface area contributed by atoms with E-state index in [1.54, 1.807) is 0 Å². The van der Waals surface area contributed by atoms with Gasteiger partial charge in [-0.3, -0.25) is 0 Å². The summed E-state index contributed by atoms with van der Waals surface area (Å²) in [7, 11) is -2.71. The quantitative estimate of drug-likeness (QED) is 0.913. The molecule has 0 bridgehead atoms. The second kappa shape index (κ2) is 4.23. The zero-order valence-corrected chi connectivity index (χ0v) is 10.5. The molecule has 5 heteroatoms.